The van der Waals surface area contributed by atoms with Gasteiger partial charge in [0.1, 0.15) is 6.04 Å². The smallest absolute Gasteiger partial charge is 0.343 e. The Kier molecular flexibility index (Phi) is 5.84. The zero-order chi connectivity index (χ0) is 16.9. The van der Waals surface area contributed by atoms with Crippen LogP contribution in [-0.2, 0) is 16.6 Å². The Morgan fingerprint density at radius 2 is 2.05 bits per heavy atom. The highest BCUT2D eigenvalue weighted by molar-refractivity contribution is 5.95. The molecule has 1 aromatic heterocycles. The van der Waals surface area contributed by atoms with E-state index in [2.05, 4.69) is 10.1 Å². The van der Waals surface area contributed by atoms with E-state index in [1.54, 1.807) is 14.1 Å². The van der Waals surface area contributed by atoms with Crippen LogP contribution in [0.25, 0.3) is 0 Å². The summed E-state index contributed by atoms with van der Waals surface area (Å²) in [5.41, 5.74) is -0.446. The minimum absolute atomic E-state index is 0.0223. The lowest BCUT2D eigenvalue weighted by Gasteiger charge is -2.25. The molecule has 0 spiro atoms. The second-order valence-electron chi connectivity index (χ2n) is 4.90. The third-order valence-electron chi connectivity index (χ3n) is 3.21. The molecule has 122 valence electrons. The van der Waals surface area contributed by atoms with Gasteiger partial charge in [0, 0.05) is 27.7 Å². The third kappa shape index (κ3) is 3.71. The zero-order valence-corrected chi connectivity index (χ0v) is 12.6. The van der Waals surface area contributed by atoms with Crippen molar-refractivity contribution in [2.75, 3.05) is 20.6 Å². The van der Waals surface area contributed by atoms with E-state index in [0.29, 0.717) is 13.0 Å². The third-order valence-corrected chi connectivity index (χ3v) is 3.21. The molecule has 0 bridgehead atoms. The van der Waals surface area contributed by atoms with Crippen LogP contribution in [0.15, 0.2) is 4.79 Å². The topological polar surface area (TPSA) is 129 Å². The minimum atomic E-state index is -0.465. The van der Waals surface area contributed by atoms with Crippen LogP contribution in [0, 0.1) is 0 Å². The fourth-order valence-electron chi connectivity index (χ4n) is 2.20. The first-order valence-electron chi connectivity index (χ1n) is 6.56. The lowest BCUT2D eigenvalue weighted by atomic mass is 10.2. The van der Waals surface area contributed by atoms with Crippen LogP contribution in [0.4, 0.5) is 0 Å². The van der Waals surface area contributed by atoms with E-state index >= 15 is 0 Å². The number of nitrogens with one attached hydrogen (secondary N) is 1. The summed E-state index contributed by atoms with van der Waals surface area (Å²) in [6.45, 7) is 0.252. The monoisotopic (exact) mass is 313 g/mol. The Labute approximate surface area is 126 Å². The molecule has 0 aliphatic carbocycles. The normalized spacial score (nSPS) is 16.7. The second kappa shape index (κ2) is 7.38. The highest BCUT2D eigenvalue weighted by atomic mass is 16.3. The van der Waals surface area contributed by atoms with Gasteiger partial charge in [-0.05, 0) is 12.8 Å². The van der Waals surface area contributed by atoms with Crippen molar-refractivity contribution in [3.05, 3.63) is 16.3 Å². The van der Waals surface area contributed by atoms with E-state index in [9.17, 15) is 14.4 Å². The lowest BCUT2D eigenvalue weighted by Crippen LogP contribution is -2.45. The molecular weight excluding hydrogens is 294 g/mol. The fourth-order valence-corrected chi connectivity index (χ4v) is 2.20. The number of hydrogen-bond acceptors (Lipinski definition) is 5. The maximum Gasteiger partial charge on any atom is 0.343 e. The molecule has 22 heavy (non-hydrogen) atoms. The maximum absolute atomic E-state index is 12.3. The molecule has 0 unspecified atom stereocenters. The number of likely N-dealkylation sites (N-methyl/N-ethyl adjacent to an activating group) is 1. The van der Waals surface area contributed by atoms with E-state index in [1.807, 2.05) is 0 Å². The summed E-state index contributed by atoms with van der Waals surface area (Å²) in [5, 5.41) is 10.7. The summed E-state index contributed by atoms with van der Waals surface area (Å²) in [6.07, 6.45) is 1.41. The number of nitrogens with zero attached hydrogens (tertiary/aromatic N) is 4. The minimum Gasteiger partial charge on any atom is -0.483 e. The van der Waals surface area contributed by atoms with Crippen LogP contribution in [-0.4, -0.2) is 74.6 Å². The molecule has 2 rings (SSSR count). The number of aryl methyl sites for hydroxylation is 1. The van der Waals surface area contributed by atoms with Gasteiger partial charge < -0.3 is 14.9 Å². The van der Waals surface area contributed by atoms with Gasteiger partial charge in [-0.25, -0.2) is 9.48 Å². The molecular formula is C12H19N5O5. The average molecular weight is 313 g/mol. The second-order valence-corrected chi connectivity index (χ2v) is 4.90. The number of rotatable bonds is 2. The van der Waals surface area contributed by atoms with E-state index in [0.717, 1.165) is 11.1 Å². The summed E-state index contributed by atoms with van der Waals surface area (Å²) in [7, 11) is 4.78. The molecule has 1 aliphatic heterocycles. The van der Waals surface area contributed by atoms with Crippen LogP contribution < -0.4 is 5.69 Å². The van der Waals surface area contributed by atoms with E-state index in [4.69, 9.17) is 9.90 Å². The average Bonchev–Trinajstić information content (AvgIpc) is 3.06. The predicted octanol–water partition coefficient (Wildman–Crippen LogP) is -1.50. The molecule has 1 atom stereocenters. The standard InChI is InChI=1S/C11H17N5O3.CH2O2/c1-14(2)9(17)7-5-4-6-16(7)10(18)8-12-11(19)15(3)13-8;2-1-3/h7H,4-6H2,1-3H3,(H,12,13,19);1H,(H,2,3)/t7-;/m0./s1. The van der Waals surface area contributed by atoms with Crippen LogP contribution in [0.2, 0.25) is 0 Å². The number of carboxylic acid groups (broad SMARTS) is 1. The highest BCUT2D eigenvalue weighted by Crippen LogP contribution is 2.20. The predicted molar refractivity (Wildman–Crippen MR) is 75.3 cm³/mol. The van der Waals surface area contributed by atoms with Gasteiger partial charge >= 0.3 is 5.69 Å². The molecule has 1 fully saturated rings. The van der Waals surface area contributed by atoms with Crippen molar-refractivity contribution < 1.29 is 19.5 Å². The summed E-state index contributed by atoms with van der Waals surface area (Å²) in [4.78, 5) is 49.2. The van der Waals surface area contributed by atoms with Crippen molar-refractivity contribution >= 4 is 18.3 Å². The molecule has 2 heterocycles. The first-order chi connectivity index (χ1) is 10.3. The Hall–Kier alpha value is -2.65. The highest BCUT2D eigenvalue weighted by Gasteiger charge is 2.36. The number of carbonyl (C=O) groups is 3. The van der Waals surface area contributed by atoms with Gasteiger partial charge in [0.15, 0.2) is 0 Å². The van der Waals surface area contributed by atoms with Crippen molar-refractivity contribution in [2.24, 2.45) is 7.05 Å². The Morgan fingerprint density at radius 3 is 2.50 bits per heavy atom. The number of aromatic nitrogens is 3. The number of likely N-dealkylation sites (tertiary alicyclic amines) is 1. The van der Waals surface area contributed by atoms with Crippen LogP contribution in [0.3, 0.4) is 0 Å². The Balaban J connectivity index is 0.000000745. The Morgan fingerprint density at radius 1 is 1.45 bits per heavy atom. The van der Waals surface area contributed by atoms with E-state index < -0.39 is 17.6 Å². The SMILES string of the molecule is CN(C)C(=O)[C@@H]1CCCN1C(=O)c1nn(C)c(=O)[nH]1.O=CO. The largest absolute Gasteiger partial charge is 0.483 e. The first kappa shape index (κ1) is 17.4. The number of carbonyl (C=O) groups excluding carboxylic acids is 2. The van der Waals surface area contributed by atoms with Crippen molar-refractivity contribution in [1.82, 2.24) is 24.6 Å². The number of hydrogen-bond donors (Lipinski definition) is 2. The molecule has 0 radical (unpaired) electrons. The molecule has 10 nitrogen and oxygen atoms in total. The summed E-state index contributed by atoms with van der Waals surface area (Å²) in [5.74, 6) is -0.537. The van der Waals surface area contributed by atoms with Crippen molar-refractivity contribution in [3.8, 4) is 0 Å². The summed E-state index contributed by atoms with van der Waals surface area (Å²) < 4.78 is 1.06. The molecule has 1 aliphatic rings. The molecule has 10 heteroatoms. The van der Waals surface area contributed by atoms with Crippen LogP contribution >= 0.6 is 0 Å². The first-order valence-corrected chi connectivity index (χ1v) is 6.56. The van der Waals surface area contributed by atoms with Crippen molar-refractivity contribution in [3.63, 3.8) is 0 Å². The van der Waals surface area contributed by atoms with Gasteiger partial charge in [0.2, 0.25) is 11.7 Å². The zero-order valence-electron chi connectivity index (χ0n) is 12.6. The summed E-state index contributed by atoms with van der Waals surface area (Å²) >= 11 is 0. The Bertz CT molecular complexity index is 605. The quantitative estimate of drug-likeness (QED) is 0.640. The number of aromatic amines is 1. The van der Waals surface area contributed by atoms with Gasteiger partial charge in [-0.15, -0.1) is 5.10 Å². The fraction of sp³-hybridized carbons (Fsp3) is 0.583. The molecule has 1 saturated heterocycles. The van der Waals surface area contributed by atoms with Gasteiger partial charge in [-0.2, -0.15) is 0 Å². The van der Waals surface area contributed by atoms with Gasteiger partial charge in [0.05, 0.1) is 0 Å². The molecule has 0 aromatic carbocycles. The summed E-state index contributed by atoms with van der Waals surface area (Å²) in [6, 6.07) is -0.465. The van der Waals surface area contributed by atoms with E-state index in [-0.39, 0.29) is 18.2 Å². The van der Waals surface area contributed by atoms with Gasteiger partial charge in [-0.3, -0.25) is 19.4 Å². The van der Waals surface area contributed by atoms with E-state index in [1.165, 1.54) is 16.8 Å². The number of H-pyrrole nitrogens is 1. The molecule has 1 aromatic rings. The molecule has 2 N–H and O–H groups in total. The molecule has 0 saturated carbocycles. The maximum atomic E-state index is 12.3. The van der Waals surface area contributed by atoms with Crippen molar-refractivity contribution in [1.29, 1.82) is 0 Å². The number of amides is 2. The van der Waals surface area contributed by atoms with Gasteiger partial charge in [-0.1, -0.05) is 0 Å². The van der Waals surface area contributed by atoms with Crippen molar-refractivity contribution in [2.45, 2.75) is 18.9 Å². The molecule has 2 amide bonds. The van der Waals surface area contributed by atoms with Crippen LogP contribution in [0.1, 0.15) is 23.5 Å². The van der Waals surface area contributed by atoms with Crippen LogP contribution in [0.5, 0.6) is 0 Å². The van der Waals surface area contributed by atoms with Gasteiger partial charge in [0.25, 0.3) is 12.4 Å². The lowest BCUT2D eigenvalue weighted by molar-refractivity contribution is -0.132.